The molecule has 3 rings (SSSR count). The van der Waals surface area contributed by atoms with E-state index in [1.807, 2.05) is 0 Å². The van der Waals surface area contributed by atoms with Crippen LogP contribution in [-0.4, -0.2) is 28.1 Å². The lowest BCUT2D eigenvalue weighted by Crippen LogP contribution is -1.95. The second-order valence-corrected chi connectivity index (χ2v) is 6.86. The van der Waals surface area contributed by atoms with Gasteiger partial charge in [0.2, 0.25) is 5.88 Å². The summed E-state index contributed by atoms with van der Waals surface area (Å²) in [7, 11) is 1.46. The Morgan fingerprint density at radius 1 is 1.19 bits per heavy atom. The van der Waals surface area contributed by atoms with Gasteiger partial charge < -0.3 is 14.9 Å². The number of H-pyrrole nitrogens is 1. The predicted molar refractivity (Wildman–Crippen MR) is 104 cm³/mol. The lowest BCUT2D eigenvalue weighted by atomic mass is 10.0. The smallest absolute Gasteiger partial charge is 0.307 e. The first-order chi connectivity index (χ1) is 13.0. The highest BCUT2D eigenvalue weighted by molar-refractivity contribution is 7.09. The van der Waals surface area contributed by atoms with Crippen molar-refractivity contribution < 1.29 is 19.7 Å². The summed E-state index contributed by atoms with van der Waals surface area (Å²) in [6, 6.07) is 11.8. The van der Waals surface area contributed by atoms with E-state index >= 15 is 0 Å². The predicted octanol–water partition coefficient (Wildman–Crippen LogP) is 3.34. The minimum Gasteiger partial charge on any atom is -0.504 e. The van der Waals surface area contributed by atoms with Crippen molar-refractivity contribution in [1.29, 1.82) is 0 Å². The number of ketones is 1. The summed E-state index contributed by atoms with van der Waals surface area (Å²) in [5, 5.41) is 19.2. The number of aromatic nitrogens is 1. The fraction of sp³-hybridized carbons (Fsp3) is 0.100. The van der Waals surface area contributed by atoms with Gasteiger partial charge in [-0.2, -0.15) is 0 Å². The number of rotatable bonds is 6. The number of thiazole rings is 1. The Bertz CT molecular complexity index is 1050. The van der Waals surface area contributed by atoms with Gasteiger partial charge in [-0.05, 0) is 29.3 Å². The van der Waals surface area contributed by atoms with Gasteiger partial charge in [0.1, 0.15) is 0 Å². The van der Waals surface area contributed by atoms with Gasteiger partial charge in [0.15, 0.2) is 17.3 Å². The highest BCUT2D eigenvalue weighted by Gasteiger charge is 2.09. The molecule has 0 fully saturated rings. The maximum absolute atomic E-state index is 12.3. The number of benzene rings is 2. The molecule has 0 saturated heterocycles. The van der Waals surface area contributed by atoms with Gasteiger partial charge in [0, 0.05) is 12.0 Å². The van der Waals surface area contributed by atoms with E-state index in [1.165, 1.54) is 19.3 Å². The van der Waals surface area contributed by atoms with Gasteiger partial charge in [-0.25, -0.2) is 0 Å². The van der Waals surface area contributed by atoms with Crippen molar-refractivity contribution in [2.75, 3.05) is 7.11 Å². The largest absolute Gasteiger partial charge is 0.504 e. The number of aromatic amines is 1. The van der Waals surface area contributed by atoms with E-state index < -0.39 is 0 Å². The van der Waals surface area contributed by atoms with E-state index in [-0.39, 0.29) is 22.3 Å². The first-order valence-corrected chi connectivity index (χ1v) is 8.87. The van der Waals surface area contributed by atoms with Crippen molar-refractivity contribution in [1.82, 2.24) is 4.98 Å². The van der Waals surface area contributed by atoms with Crippen molar-refractivity contribution in [3.8, 4) is 17.4 Å². The number of hydrogen-bond acceptors (Lipinski definition) is 6. The number of aromatic hydroxyl groups is 2. The highest BCUT2D eigenvalue weighted by Crippen LogP contribution is 2.27. The van der Waals surface area contributed by atoms with E-state index in [9.17, 15) is 19.8 Å². The molecule has 0 amide bonds. The van der Waals surface area contributed by atoms with Crippen molar-refractivity contribution >= 4 is 23.2 Å². The molecule has 27 heavy (non-hydrogen) atoms. The molecule has 6 nitrogen and oxygen atoms in total. The van der Waals surface area contributed by atoms with Gasteiger partial charge in [-0.1, -0.05) is 47.7 Å². The molecule has 0 atom stereocenters. The van der Waals surface area contributed by atoms with Gasteiger partial charge in [0.05, 0.1) is 12.0 Å². The zero-order valence-corrected chi connectivity index (χ0v) is 15.2. The standard InChI is InChI=1S/C20H17NO5S/c1-26-17-10-12(5-9-16(17)23)4-8-15(22)14-6-2-13(3-7-14)11-18-19(24)21-20(25)27-18/h2-10,23-24H,11H2,1H3,(H,21,25). The third-order valence-electron chi connectivity index (χ3n) is 3.93. The third-order valence-corrected chi connectivity index (χ3v) is 4.81. The van der Waals surface area contributed by atoms with Crippen LogP contribution in [0.5, 0.6) is 17.4 Å². The average molecular weight is 383 g/mol. The van der Waals surface area contributed by atoms with Gasteiger partial charge >= 0.3 is 4.87 Å². The minimum atomic E-state index is -0.301. The molecule has 0 spiro atoms. The van der Waals surface area contributed by atoms with Crippen molar-refractivity contribution in [2.45, 2.75) is 6.42 Å². The number of carbonyl (C=O) groups is 1. The zero-order chi connectivity index (χ0) is 19.4. The average Bonchev–Trinajstić information content (AvgIpc) is 2.98. The fourth-order valence-corrected chi connectivity index (χ4v) is 3.27. The number of ether oxygens (including phenoxy) is 1. The SMILES string of the molecule is COc1cc(C=CC(=O)c2ccc(Cc3sc(=O)[nH]c3O)cc2)ccc1O. The number of allylic oxidation sites excluding steroid dienone is 1. The molecule has 0 bridgehead atoms. The summed E-state index contributed by atoms with van der Waals surface area (Å²) < 4.78 is 5.04. The van der Waals surface area contributed by atoms with Crippen LogP contribution in [0.15, 0.2) is 53.3 Å². The number of carbonyl (C=O) groups excluding carboxylic acids is 1. The van der Waals surface area contributed by atoms with Crippen LogP contribution in [0.3, 0.4) is 0 Å². The number of phenols is 1. The molecule has 1 aromatic heterocycles. The van der Waals surface area contributed by atoms with Crippen LogP contribution in [0.1, 0.15) is 26.4 Å². The molecule has 1 heterocycles. The summed E-state index contributed by atoms with van der Waals surface area (Å²) in [6.07, 6.45) is 3.50. The Balaban J connectivity index is 1.70. The van der Waals surface area contributed by atoms with E-state index in [1.54, 1.807) is 42.5 Å². The monoisotopic (exact) mass is 383 g/mol. The molecular weight excluding hydrogens is 366 g/mol. The van der Waals surface area contributed by atoms with Crippen LogP contribution in [0.2, 0.25) is 0 Å². The summed E-state index contributed by atoms with van der Waals surface area (Å²) in [6.45, 7) is 0. The van der Waals surface area contributed by atoms with E-state index in [2.05, 4.69) is 4.98 Å². The van der Waals surface area contributed by atoms with Crippen molar-refractivity contribution in [3.05, 3.63) is 79.8 Å². The lowest BCUT2D eigenvalue weighted by Gasteiger charge is -2.04. The van der Waals surface area contributed by atoms with Gasteiger partial charge in [-0.15, -0.1) is 0 Å². The lowest BCUT2D eigenvalue weighted by molar-refractivity contribution is 0.104. The Hall–Kier alpha value is -3.32. The third kappa shape index (κ3) is 4.45. The molecule has 138 valence electrons. The Labute approximate surface area is 159 Å². The summed E-state index contributed by atoms with van der Waals surface area (Å²) in [5.41, 5.74) is 2.13. The number of hydrogen-bond donors (Lipinski definition) is 3. The fourth-order valence-electron chi connectivity index (χ4n) is 2.51. The Morgan fingerprint density at radius 3 is 2.56 bits per heavy atom. The van der Waals surface area contributed by atoms with Gasteiger partial charge in [0.25, 0.3) is 0 Å². The molecule has 2 aromatic carbocycles. The molecule has 0 radical (unpaired) electrons. The van der Waals surface area contributed by atoms with E-state index in [0.717, 1.165) is 22.5 Å². The first-order valence-electron chi connectivity index (χ1n) is 8.05. The number of phenolic OH excluding ortho intramolecular Hbond substituents is 1. The van der Waals surface area contributed by atoms with Crippen LogP contribution >= 0.6 is 11.3 Å². The molecule has 0 aliphatic heterocycles. The molecule has 0 aliphatic rings. The van der Waals surface area contributed by atoms with Gasteiger partial charge in [-0.3, -0.25) is 14.6 Å². The Kier molecular flexibility index (Phi) is 5.42. The maximum atomic E-state index is 12.3. The van der Waals surface area contributed by atoms with Crippen LogP contribution in [0.4, 0.5) is 0 Å². The van der Waals surface area contributed by atoms with E-state index in [0.29, 0.717) is 22.6 Å². The van der Waals surface area contributed by atoms with Crippen LogP contribution in [0.25, 0.3) is 6.08 Å². The van der Waals surface area contributed by atoms with Crippen molar-refractivity contribution in [2.24, 2.45) is 0 Å². The van der Waals surface area contributed by atoms with E-state index in [4.69, 9.17) is 4.74 Å². The normalized spacial score (nSPS) is 11.0. The summed E-state index contributed by atoms with van der Waals surface area (Å²) in [5.74, 6) is 0.0967. The number of methoxy groups -OCH3 is 1. The molecule has 0 saturated carbocycles. The molecule has 3 aromatic rings. The highest BCUT2D eigenvalue weighted by atomic mass is 32.1. The quantitative estimate of drug-likeness (QED) is 0.448. The number of nitrogens with one attached hydrogen (secondary N) is 1. The minimum absolute atomic E-state index is 0.0371. The molecule has 3 N–H and O–H groups in total. The summed E-state index contributed by atoms with van der Waals surface area (Å²) >= 11 is 0.962. The zero-order valence-electron chi connectivity index (χ0n) is 14.4. The van der Waals surface area contributed by atoms with Crippen LogP contribution < -0.4 is 9.61 Å². The molecule has 0 unspecified atom stereocenters. The van der Waals surface area contributed by atoms with Crippen LogP contribution in [0, 0.1) is 0 Å². The van der Waals surface area contributed by atoms with Crippen LogP contribution in [-0.2, 0) is 6.42 Å². The second-order valence-electron chi connectivity index (χ2n) is 5.79. The Morgan fingerprint density at radius 2 is 1.93 bits per heavy atom. The topological polar surface area (TPSA) is 99.6 Å². The second kappa shape index (κ2) is 7.92. The molecule has 7 heteroatoms. The molecular formula is C20H17NO5S. The maximum Gasteiger partial charge on any atom is 0.307 e. The molecule has 0 aliphatic carbocycles. The first kappa shape index (κ1) is 18.5. The van der Waals surface area contributed by atoms with Crippen molar-refractivity contribution in [3.63, 3.8) is 0 Å². The summed E-state index contributed by atoms with van der Waals surface area (Å²) in [4.78, 5) is 26.1.